The summed E-state index contributed by atoms with van der Waals surface area (Å²) in [7, 11) is 0. The van der Waals surface area contributed by atoms with Crippen molar-refractivity contribution in [3.05, 3.63) is 28.6 Å². The predicted molar refractivity (Wildman–Crippen MR) is 59.2 cm³/mol. The third kappa shape index (κ3) is 2.94. The van der Waals surface area contributed by atoms with Gasteiger partial charge in [-0.25, -0.2) is 9.78 Å². The van der Waals surface area contributed by atoms with Gasteiger partial charge in [-0.2, -0.15) is 0 Å². The molecule has 1 N–H and O–H groups in total. The molecule has 94 valence electrons. The first-order valence-corrected chi connectivity index (χ1v) is 5.74. The zero-order valence-corrected chi connectivity index (χ0v) is 10.1. The smallest absolute Gasteiger partial charge is 0.396 e. The van der Waals surface area contributed by atoms with Crippen LogP contribution in [-0.2, 0) is 4.74 Å². The van der Waals surface area contributed by atoms with Gasteiger partial charge in [-0.3, -0.25) is 4.79 Å². The first-order valence-electron chi connectivity index (χ1n) is 4.92. The van der Waals surface area contributed by atoms with Crippen molar-refractivity contribution in [3.63, 3.8) is 0 Å². The topological polar surface area (TPSA) is 111 Å². The van der Waals surface area contributed by atoms with Crippen LogP contribution in [0.1, 0.15) is 17.6 Å². The number of nitrogens with zero attached hydrogens (tertiary/aromatic N) is 3. The highest BCUT2D eigenvalue weighted by Gasteiger charge is 2.16. The summed E-state index contributed by atoms with van der Waals surface area (Å²) in [6.07, 6.45) is 1.26. The zero-order chi connectivity index (χ0) is 13.0. The lowest BCUT2D eigenvalue weighted by molar-refractivity contribution is 0.0475. The number of carbonyl (C=O) groups excluding carboxylic acids is 1. The molecule has 0 fully saturated rings. The van der Waals surface area contributed by atoms with Crippen molar-refractivity contribution in [2.24, 2.45) is 0 Å². The summed E-state index contributed by atoms with van der Waals surface area (Å²) in [4.78, 5) is 28.6. The molecule has 2 aromatic rings. The highest BCUT2D eigenvalue weighted by Crippen LogP contribution is 2.23. The summed E-state index contributed by atoms with van der Waals surface area (Å²) >= 11 is 0.979. The number of aromatic nitrogens is 4. The summed E-state index contributed by atoms with van der Waals surface area (Å²) in [6.45, 7) is 1.89. The lowest BCUT2D eigenvalue weighted by Gasteiger charge is -1.94. The fraction of sp³-hybridized carbons (Fsp3) is 0.222. The molecule has 0 radical (unpaired) electrons. The van der Waals surface area contributed by atoms with Crippen LogP contribution < -0.4 is 5.56 Å². The minimum Gasteiger partial charge on any atom is -0.459 e. The van der Waals surface area contributed by atoms with Crippen LogP contribution in [0.3, 0.4) is 0 Å². The molecule has 0 amide bonds. The lowest BCUT2D eigenvalue weighted by Crippen LogP contribution is -2.04. The Labute approximate surface area is 105 Å². The number of hydrogen-bond acceptors (Lipinski definition) is 8. The quantitative estimate of drug-likeness (QED) is 0.629. The molecule has 0 aliphatic carbocycles. The van der Waals surface area contributed by atoms with Gasteiger partial charge in [0.1, 0.15) is 5.03 Å². The molecule has 0 saturated heterocycles. The summed E-state index contributed by atoms with van der Waals surface area (Å²) < 4.78 is 9.75. The van der Waals surface area contributed by atoms with Crippen LogP contribution in [0.4, 0.5) is 0 Å². The molecule has 9 heteroatoms. The molecule has 0 aliphatic heterocycles. The molecule has 0 aromatic carbocycles. The van der Waals surface area contributed by atoms with Crippen molar-refractivity contribution in [2.75, 3.05) is 6.61 Å². The van der Waals surface area contributed by atoms with Gasteiger partial charge >= 0.3 is 11.9 Å². The van der Waals surface area contributed by atoms with Crippen molar-refractivity contribution in [1.82, 2.24) is 20.2 Å². The molecular weight excluding hydrogens is 260 g/mol. The third-order valence-electron chi connectivity index (χ3n) is 1.70. The zero-order valence-electron chi connectivity index (χ0n) is 9.24. The van der Waals surface area contributed by atoms with Crippen molar-refractivity contribution < 1.29 is 13.9 Å². The Bertz CT molecular complexity index is 608. The van der Waals surface area contributed by atoms with E-state index in [1.165, 1.54) is 12.4 Å². The van der Waals surface area contributed by atoms with E-state index in [-0.39, 0.29) is 23.3 Å². The van der Waals surface area contributed by atoms with Crippen LogP contribution in [0, 0.1) is 0 Å². The molecule has 0 bridgehead atoms. The molecule has 2 heterocycles. The first kappa shape index (κ1) is 12.3. The minimum absolute atomic E-state index is 0.108. The predicted octanol–water partition coefficient (Wildman–Crippen LogP) is 0.481. The van der Waals surface area contributed by atoms with Gasteiger partial charge in [0.25, 0.3) is 10.8 Å². The molecule has 2 rings (SSSR count). The number of esters is 1. The van der Waals surface area contributed by atoms with E-state index in [1.54, 1.807) is 6.92 Å². The largest absolute Gasteiger partial charge is 0.459 e. The van der Waals surface area contributed by atoms with Gasteiger partial charge in [-0.15, -0.1) is 5.10 Å². The van der Waals surface area contributed by atoms with Gasteiger partial charge in [-0.05, 0) is 18.7 Å². The van der Waals surface area contributed by atoms with E-state index in [4.69, 9.17) is 9.15 Å². The van der Waals surface area contributed by atoms with Crippen molar-refractivity contribution in [2.45, 2.75) is 17.2 Å². The maximum atomic E-state index is 11.3. The van der Waals surface area contributed by atoms with Crippen LogP contribution in [0.2, 0.25) is 0 Å². The molecular formula is C9H8N4O4S. The van der Waals surface area contributed by atoms with Gasteiger partial charge in [0.2, 0.25) is 0 Å². The van der Waals surface area contributed by atoms with Crippen molar-refractivity contribution >= 4 is 17.7 Å². The summed E-state index contributed by atoms with van der Waals surface area (Å²) in [5.74, 6) is -0.917. The average Bonchev–Trinajstić information content (AvgIpc) is 2.78. The van der Waals surface area contributed by atoms with Crippen LogP contribution in [0.15, 0.2) is 31.9 Å². The normalized spacial score (nSPS) is 10.3. The molecule has 18 heavy (non-hydrogen) atoms. The monoisotopic (exact) mass is 268 g/mol. The van der Waals surface area contributed by atoms with E-state index in [2.05, 4.69) is 20.2 Å². The maximum Gasteiger partial charge on any atom is 0.396 e. The van der Waals surface area contributed by atoms with E-state index in [0.717, 1.165) is 11.8 Å². The highest BCUT2D eigenvalue weighted by molar-refractivity contribution is 7.99. The number of carbonyl (C=O) groups is 1. The van der Waals surface area contributed by atoms with E-state index in [9.17, 15) is 9.59 Å². The summed E-state index contributed by atoms with van der Waals surface area (Å²) in [5.41, 5.74) is -0.294. The van der Waals surface area contributed by atoms with Gasteiger partial charge in [0.05, 0.1) is 12.9 Å². The molecule has 8 nitrogen and oxygen atoms in total. The van der Waals surface area contributed by atoms with Crippen LogP contribution in [0.5, 0.6) is 0 Å². The molecule has 0 unspecified atom stereocenters. The Kier molecular flexibility index (Phi) is 3.72. The Morgan fingerprint density at radius 3 is 3.11 bits per heavy atom. The van der Waals surface area contributed by atoms with Gasteiger partial charge in [0, 0.05) is 6.07 Å². The molecule has 0 atom stereocenters. The van der Waals surface area contributed by atoms with E-state index in [0.29, 0.717) is 5.03 Å². The second kappa shape index (κ2) is 5.45. The van der Waals surface area contributed by atoms with Gasteiger partial charge < -0.3 is 14.1 Å². The molecule has 0 aliphatic rings. The third-order valence-corrected chi connectivity index (χ3v) is 2.47. The van der Waals surface area contributed by atoms with E-state index >= 15 is 0 Å². The SMILES string of the molecule is CCOC(=O)c1nnc(Sc2cc(=O)[nH]cn2)o1. The van der Waals surface area contributed by atoms with E-state index < -0.39 is 5.97 Å². The molecule has 0 saturated carbocycles. The van der Waals surface area contributed by atoms with Crippen molar-refractivity contribution in [3.8, 4) is 0 Å². The standard InChI is InChI=1S/C9H8N4O4S/c1-2-16-8(15)7-12-13-9(17-7)18-6-3-5(14)10-4-11-6/h3-4H,2H2,1H3,(H,10,11,14). The van der Waals surface area contributed by atoms with Crippen LogP contribution >= 0.6 is 11.8 Å². The van der Waals surface area contributed by atoms with Crippen LogP contribution in [-0.4, -0.2) is 32.7 Å². The van der Waals surface area contributed by atoms with Crippen molar-refractivity contribution in [1.29, 1.82) is 0 Å². The average molecular weight is 268 g/mol. The van der Waals surface area contributed by atoms with Gasteiger partial charge in [-0.1, -0.05) is 5.10 Å². The number of H-pyrrole nitrogens is 1. The first-order chi connectivity index (χ1) is 8.69. The lowest BCUT2D eigenvalue weighted by atomic mass is 10.7. The second-order valence-electron chi connectivity index (χ2n) is 2.95. The number of hydrogen-bond donors (Lipinski definition) is 1. The summed E-state index contributed by atoms with van der Waals surface area (Å²) in [6, 6.07) is 1.28. The number of ether oxygens (including phenoxy) is 1. The minimum atomic E-state index is -0.685. The second-order valence-corrected chi connectivity index (χ2v) is 3.92. The van der Waals surface area contributed by atoms with Crippen LogP contribution in [0.25, 0.3) is 0 Å². The Morgan fingerprint density at radius 2 is 2.39 bits per heavy atom. The fourth-order valence-corrected chi connectivity index (χ4v) is 1.67. The fourth-order valence-electron chi connectivity index (χ4n) is 1.02. The van der Waals surface area contributed by atoms with Gasteiger partial charge in [0.15, 0.2) is 0 Å². The molecule has 2 aromatic heterocycles. The number of nitrogens with one attached hydrogen (secondary N) is 1. The maximum absolute atomic E-state index is 11.3. The Hall–Kier alpha value is -2.16. The Morgan fingerprint density at radius 1 is 1.56 bits per heavy atom. The highest BCUT2D eigenvalue weighted by atomic mass is 32.2. The number of rotatable bonds is 4. The molecule has 0 spiro atoms. The Balaban J connectivity index is 2.11. The summed E-state index contributed by atoms with van der Waals surface area (Å²) in [5, 5.41) is 7.66. The van der Waals surface area contributed by atoms with E-state index in [1.807, 2.05) is 0 Å². The number of aromatic amines is 1.